The molecule has 0 aromatic carbocycles. The molecule has 0 fully saturated rings. The molecule has 2 heteroatoms. The van der Waals surface area contributed by atoms with Crippen LogP contribution < -0.4 is 0 Å². The third-order valence-corrected chi connectivity index (χ3v) is 3.26. The molecule has 0 saturated heterocycles. The Labute approximate surface area is 80.3 Å². The molecule has 11 heavy (non-hydrogen) atoms. The zero-order valence-corrected chi connectivity index (χ0v) is 9.01. The first kappa shape index (κ1) is 11.6. The number of rotatable bonds is 6. The maximum absolute atomic E-state index is 5.90. The van der Waals surface area contributed by atoms with Gasteiger partial charge in [-0.05, 0) is 18.3 Å². The van der Waals surface area contributed by atoms with Crippen LogP contribution in [0.25, 0.3) is 0 Å². The van der Waals surface area contributed by atoms with E-state index < -0.39 is 0 Å². The van der Waals surface area contributed by atoms with Crippen LogP contribution in [0.5, 0.6) is 0 Å². The van der Waals surface area contributed by atoms with Crippen LogP contribution in [0.4, 0.5) is 0 Å². The highest BCUT2D eigenvalue weighted by molar-refractivity contribution is 6.21. The van der Waals surface area contributed by atoms with E-state index >= 15 is 0 Å². The summed E-state index contributed by atoms with van der Waals surface area (Å²) in [5.41, 5.74) is 0.215. The fourth-order valence-electron chi connectivity index (χ4n) is 1.49. The SMILES string of the molecule is CCCC(CCl)(CCl)CCC. The van der Waals surface area contributed by atoms with Gasteiger partial charge in [0.1, 0.15) is 0 Å². The molecule has 0 aliphatic carbocycles. The van der Waals surface area contributed by atoms with E-state index in [-0.39, 0.29) is 5.41 Å². The number of halogens is 2. The highest BCUT2D eigenvalue weighted by Crippen LogP contribution is 2.32. The van der Waals surface area contributed by atoms with E-state index in [1.165, 1.54) is 12.8 Å². The van der Waals surface area contributed by atoms with E-state index in [1.807, 2.05) is 0 Å². The lowest BCUT2D eigenvalue weighted by atomic mass is 9.83. The van der Waals surface area contributed by atoms with Gasteiger partial charge in [-0.3, -0.25) is 0 Å². The van der Waals surface area contributed by atoms with E-state index in [1.54, 1.807) is 0 Å². The minimum Gasteiger partial charge on any atom is -0.126 e. The van der Waals surface area contributed by atoms with E-state index in [4.69, 9.17) is 23.2 Å². The summed E-state index contributed by atoms with van der Waals surface area (Å²) in [4.78, 5) is 0. The third-order valence-electron chi connectivity index (χ3n) is 2.13. The van der Waals surface area contributed by atoms with Crippen molar-refractivity contribution in [2.75, 3.05) is 11.8 Å². The second-order valence-corrected chi connectivity index (χ2v) is 3.80. The van der Waals surface area contributed by atoms with Gasteiger partial charge in [-0.1, -0.05) is 26.7 Å². The molecule has 0 rings (SSSR count). The highest BCUT2D eigenvalue weighted by Gasteiger charge is 2.25. The second-order valence-electron chi connectivity index (χ2n) is 3.27. The number of alkyl halides is 2. The topological polar surface area (TPSA) is 0 Å². The van der Waals surface area contributed by atoms with Crippen molar-refractivity contribution in [3.8, 4) is 0 Å². The molecule has 0 amide bonds. The third kappa shape index (κ3) is 3.66. The van der Waals surface area contributed by atoms with Gasteiger partial charge in [0.05, 0.1) is 0 Å². The summed E-state index contributed by atoms with van der Waals surface area (Å²) in [6.07, 6.45) is 4.68. The molecule has 0 saturated carbocycles. The minimum atomic E-state index is 0.215. The van der Waals surface area contributed by atoms with E-state index in [9.17, 15) is 0 Å². The van der Waals surface area contributed by atoms with Crippen molar-refractivity contribution in [2.45, 2.75) is 39.5 Å². The zero-order chi connectivity index (χ0) is 8.74. The Hall–Kier alpha value is 0.580. The van der Waals surface area contributed by atoms with Gasteiger partial charge in [-0.2, -0.15) is 0 Å². The Morgan fingerprint density at radius 2 is 1.27 bits per heavy atom. The maximum atomic E-state index is 5.90. The predicted octanol–water partition coefficient (Wildman–Crippen LogP) is 4.05. The van der Waals surface area contributed by atoms with E-state index in [0.29, 0.717) is 11.8 Å². The number of hydrogen-bond acceptors (Lipinski definition) is 0. The Kier molecular flexibility index (Phi) is 6.46. The molecule has 0 spiro atoms. The first-order valence-electron chi connectivity index (χ1n) is 4.36. The summed E-state index contributed by atoms with van der Waals surface area (Å²) in [6.45, 7) is 4.37. The van der Waals surface area contributed by atoms with Crippen LogP contribution in [-0.4, -0.2) is 11.8 Å². The molecular weight excluding hydrogens is 179 g/mol. The van der Waals surface area contributed by atoms with Crippen LogP contribution in [0.3, 0.4) is 0 Å². The van der Waals surface area contributed by atoms with Crippen LogP contribution in [-0.2, 0) is 0 Å². The first-order chi connectivity index (χ1) is 5.24. The molecule has 0 aliphatic heterocycles. The van der Waals surface area contributed by atoms with E-state index in [2.05, 4.69) is 13.8 Å². The summed E-state index contributed by atoms with van der Waals surface area (Å²) in [7, 11) is 0. The molecule has 0 N–H and O–H groups in total. The summed E-state index contributed by atoms with van der Waals surface area (Å²) >= 11 is 11.8. The quantitative estimate of drug-likeness (QED) is 0.563. The van der Waals surface area contributed by atoms with Crippen LogP contribution in [0.2, 0.25) is 0 Å². The summed E-state index contributed by atoms with van der Waals surface area (Å²) in [5.74, 6) is 1.41. The largest absolute Gasteiger partial charge is 0.126 e. The minimum absolute atomic E-state index is 0.215. The molecule has 0 radical (unpaired) electrons. The van der Waals surface area contributed by atoms with Gasteiger partial charge >= 0.3 is 0 Å². The van der Waals surface area contributed by atoms with E-state index in [0.717, 1.165) is 12.8 Å². The van der Waals surface area contributed by atoms with Gasteiger partial charge in [-0.25, -0.2) is 0 Å². The van der Waals surface area contributed by atoms with Gasteiger partial charge in [0.2, 0.25) is 0 Å². The van der Waals surface area contributed by atoms with Crippen molar-refractivity contribution in [1.29, 1.82) is 0 Å². The average molecular weight is 197 g/mol. The summed E-state index contributed by atoms with van der Waals surface area (Å²) in [5, 5.41) is 0. The van der Waals surface area contributed by atoms with Crippen LogP contribution >= 0.6 is 23.2 Å². The molecular formula is C9H18Cl2. The Morgan fingerprint density at radius 3 is 1.45 bits per heavy atom. The fourth-order valence-corrected chi connectivity index (χ4v) is 2.31. The Bertz CT molecular complexity index is 79.6. The van der Waals surface area contributed by atoms with Crippen molar-refractivity contribution in [1.82, 2.24) is 0 Å². The lowest BCUT2D eigenvalue weighted by Gasteiger charge is -2.28. The molecule has 68 valence electrons. The highest BCUT2D eigenvalue weighted by atomic mass is 35.5. The lowest BCUT2D eigenvalue weighted by Crippen LogP contribution is -2.24. The van der Waals surface area contributed by atoms with Gasteiger partial charge in [0, 0.05) is 11.8 Å². The predicted molar refractivity (Wildman–Crippen MR) is 53.7 cm³/mol. The molecule has 0 aromatic rings. The molecule has 0 aliphatic rings. The van der Waals surface area contributed by atoms with Crippen molar-refractivity contribution in [3.05, 3.63) is 0 Å². The van der Waals surface area contributed by atoms with Gasteiger partial charge in [0.25, 0.3) is 0 Å². The molecule has 0 atom stereocenters. The first-order valence-corrected chi connectivity index (χ1v) is 5.43. The van der Waals surface area contributed by atoms with Gasteiger partial charge < -0.3 is 0 Å². The number of hydrogen-bond donors (Lipinski definition) is 0. The smallest absolute Gasteiger partial charge is 0.0291 e. The molecule has 0 heterocycles. The van der Waals surface area contributed by atoms with Crippen LogP contribution in [0.15, 0.2) is 0 Å². The van der Waals surface area contributed by atoms with Crippen molar-refractivity contribution in [2.24, 2.45) is 5.41 Å². The average Bonchev–Trinajstić information content (AvgIpc) is 2.04. The second kappa shape index (κ2) is 6.14. The Balaban J connectivity index is 3.96. The summed E-state index contributed by atoms with van der Waals surface area (Å²) in [6, 6.07) is 0. The lowest BCUT2D eigenvalue weighted by molar-refractivity contribution is 0.312. The monoisotopic (exact) mass is 196 g/mol. The zero-order valence-electron chi connectivity index (χ0n) is 7.50. The van der Waals surface area contributed by atoms with Crippen LogP contribution in [0, 0.1) is 5.41 Å². The van der Waals surface area contributed by atoms with Crippen LogP contribution in [0.1, 0.15) is 39.5 Å². The summed E-state index contributed by atoms with van der Waals surface area (Å²) < 4.78 is 0. The fraction of sp³-hybridized carbons (Fsp3) is 1.00. The van der Waals surface area contributed by atoms with Crippen molar-refractivity contribution >= 4 is 23.2 Å². The molecule has 0 aromatic heterocycles. The standard InChI is InChI=1S/C9H18Cl2/c1-3-5-9(7-10,8-11)6-4-2/h3-8H2,1-2H3. The van der Waals surface area contributed by atoms with Gasteiger partial charge in [0.15, 0.2) is 0 Å². The molecule has 0 bridgehead atoms. The molecule has 0 nitrogen and oxygen atoms in total. The van der Waals surface area contributed by atoms with Crippen molar-refractivity contribution < 1.29 is 0 Å². The van der Waals surface area contributed by atoms with Crippen molar-refractivity contribution in [3.63, 3.8) is 0 Å². The molecule has 0 unspecified atom stereocenters. The maximum Gasteiger partial charge on any atom is 0.0291 e. The normalized spacial score (nSPS) is 12.0. The Morgan fingerprint density at radius 1 is 0.909 bits per heavy atom. The van der Waals surface area contributed by atoms with Gasteiger partial charge in [-0.15, -0.1) is 23.2 Å².